The van der Waals surface area contributed by atoms with Crippen LogP contribution in [0.25, 0.3) is 16.6 Å². The minimum atomic E-state index is -0.0765. The van der Waals surface area contributed by atoms with Gasteiger partial charge in [0, 0.05) is 24.4 Å². The Morgan fingerprint density at radius 3 is 2.42 bits per heavy atom. The third-order valence-electron chi connectivity index (χ3n) is 4.35. The zero-order chi connectivity index (χ0) is 17.5. The van der Waals surface area contributed by atoms with Crippen molar-refractivity contribution in [1.29, 1.82) is 0 Å². The van der Waals surface area contributed by atoms with Gasteiger partial charge in [-0.15, -0.1) is 0 Å². The van der Waals surface area contributed by atoms with Gasteiger partial charge < -0.3 is 5.32 Å². The molecule has 0 aliphatic rings. The number of aromatic nitrogens is 2. The Morgan fingerprint density at radius 2 is 1.83 bits per heavy atom. The van der Waals surface area contributed by atoms with Crippen LogP contribution in [0.15, 0.2) is 42.7 Å². The molecule has 24 heavy (non-hydrogen) atoms. The Balaban J connectivity index is 2.09. The maximum Gasteiger partial charge on any atom is 0.251 e. The average Bonchev–Trinajstić information content (AvgIpc) is 2.98. The lowest BCUT2D eigenvalue weighted by atomic mass is 9.87. The number of hydrogen-bond donors (Lipinski definition) is 1. The molecular formula is C20H23N3O. The fourth-order valence-electron chi connectivity index (χ4n) is 2.89. The SMILES string of the molecule is CNC(=O)c1ccc(-c2cnn3cc(C(C)(C)C)cc(C)c23)cc1. The summed E-state index contributed by atoms with van der Waals surface area (Å²) in [5.74, 6) is -0.0765. The van der Waals surface area contributed by atoms with E-state index in [1.807, 2.05) is 35.0 Å². The Hall–Kier alpha value is -2.62. The molecular weight excluding hydrogens is 298 g/mol. The number of pyridine rings is 1. The molecule has 1 N–H and O–H groups in total. The van der Waals surface area contributed by atoms with Crippen LogP contribution in [0.4, 0.5) is 0 Å². The number of nitrogens with zero attached hydrogens (tertiary/aromatic N) is 2. The van der Waals surface area contributed by atoms with Crippen LogP contribution in [0.1, 0.15) is 42.3 Å². The first-order valence-corrected chi connectivity index (χ1v) is 8.12. The van der Waals surface area contributed by atoms with Crippen molar-refractivity contribution in [2.24, 2.45) is 0 Å². The van der Waals surface area contributed by atoms with Crippen LogP contribution < -0.4 is 5.32 Å². The third-order valence-corrected chi connectivity index (χ3v) is 4.35. The molecule has 4 heteroatoms. The summed E-state index contributed by atoms with van der Waals surface area (Å²) >= 11 is 0. The van der Waals surface area contributed by atoms with E-state index in [2.05, 4.69) is 50.4 Å². The van der Waals surface area contributed by atoms with Crippen LogP contribution in [0, 0.1) is 6.92 Å². The molecule has 4 nitrogen and oxygen atoms in total. The molecule has 124 valence electrons. The van der Waals surface area contributed by atoms with Crippen molar-refractivity contribution in [1.82, 2.24) is 14.9 Å². The fraction of sp³-hybridized carbons (Fsp3) is 0.300. The van der Waals surface area contributed by atoms with Crippen molar-refractivity contribution in [3.05, 3.63) is 59.4 Å². The summed E-state index contributed by atoms with van der Waals surface area (Å²) in [7, 11) is 1.64. The summed E-state index contributed by atoms with van der Waals surface area (Å²) in [6, 6.07) is 9.86. The Morgan fingerprint density at radius 1 is 1.17 bits per heavy atom. The fourth-order valence-corrected chi connectivity index (χ4v) is 2.89. The predicted molar refractivity (Wildman–Crippen MR) is 97.5 cm³/mol. The average molecular weight is 321 g/mol. The zero-order valence-electron chi connectivity index (χ0n) is 14.8. The number of nitrogens with one attached hydrogen (secondary N) is 1. The van der Waals surface area contributed by atoms with Gasteiger partial charge in [0.15, 0.2) is 0 Å². The Bertz CT molecular complexity index is 899. The van der Waals surface area contributed by atoms with Crippen LogP contribution in [0.2, 0.25) is 0 Å². The second-order valence-corrected chi connectivity index (χ2v) is 7.17. The monoisotopic (exact) mass is 321 g/mol. The molecule has 0 fully saturated rings. The molecule has 0 radical (unpaired) electrons. The Labute approximate surface area is 142 Å². The van der Waals surface area contributed by atoms with Gasteiger partial charge in [0.1, 0.15) is 0 Å². The number of carbonyl (C=O) groups excluding carboxylic acids is 1. The summed E-state index contributed by atoms with van der Waals surface area (Å²) in [5, 5.41) is 7.18. The van der Waals surface area contributed by atoms with E-state index in [-0.39, 0.29) is 11.3 Å². The highest BCUT2D eigenvalue weighted by Crippen LogP contribution is 2.30. The predicted octanol–water partition coefficient (Wildman–Crippen LogP) is 3.97. The van der Waals surface area contributed by atoms with Crippen molar-refractivity contribution < 1.29 is 4.79 Å². The van der Waals surface area contributed by atoms with Gasteiger partial charge in [0.05, 0.1) is 11.7 Å². The smallest absolute Gasteiger partial charge is 0.251 e. The van der Waals surface area contributed by atoms with Gasteiger partial charge in [-0.05, 0) is 41.2 Å². The number of fused-ring (bicyclic) bond motifs is 1. The Kier molecular flexibility index (Phi) is 3.91. The molecule has 3 aromatic rings. The van der Waals surface area contributed by atoms with E-state index in [9.17, 15) is 4.79 Å². The van der Waals surface area contributed by atoms with Crippen LogP contribution >= 0.6 is 0 Å². The summed E-state index contributed by atoms with van der Waals surface area (Å²) in [5.41, 5.74) is 6.45. The summed E-state index contributed by atoms with van der Waals surface area (Å²) in [6.07, 6.45) is 3.99. The molecule has 0 aliphatic carbocycles. The standard InChI is InChI=1S/C20H23N3O/c1-13-10-16(20(2,3)4)12-23-18(13)17(11-22-23)14-6-8-15(9-7-14)19(24)21-5/h6-12H,1-5H3,(H,21,24). The summed E-state index contributed by atoms with van der Waals surface area (Å²) in [6.45, 7) is 8.73. The number of benzene rings is 1. The molecule has 2 heterocycles. The van der Waals surface area contributed by atoms with Crippen LogP contribution in [-0.2, 0) is 5.41 Å². The number of hydrogen-bond acceptors (Lipinski definition) is 2. The maximum atomic E-state index is 11.7. The van der Waals surface area contributed by atoms with E-state index in [1.54, 1.807) is 7.05 Å². The molecule has 0 saturated heterocycles. The van der Waals surface area contributed by atoms with Gasteiger partial charge >= 0.3 is 0 Å². The van der Waals surface area contributed by atoms with Crippen molar-refractivity contribution in [3.63, 3.8) is 0 Å². The second-order valence-electron chi connectivity index (χ2n) is 7.17. The number of carbonyl (C=O) groups is 1. The lowest BCUT2D eigenvalue weighted by Gasteiger charge is -2.20. The highest BCUT2D eigenvalue weighted by atomic mass is 16.1. The molecule has 0 saturated carbocycles. The molecule has 0 atom stereocenters. The largest absolute Gasteiger partial charge is 0.355 e. The van der Waals surface area contributed by atoms with E-state index in [0.717, 1.165) is 16.6 Å². The van der Waals surface area contributed by atoms with Gasteiger partial charge in [-0.2, -0.15) is 5.10 Å². The van der Waals surface area contributed by atoms with E-state index < -0.39 is 0 Å². The van der Waals surface area contributed by atoms with Gasteiger partial charge in [-0.1, -0.05) is 39.0 Å². The molecule has 1 amide bonds. The second kappa shape index (κ2) is 5.78. The van der Waals surface area contributed by atoms with Crippen LogP contribution in [0.5, 0.6) is 0 Å². The minimum absolute atomic E-state index is 0.0765. The van der Waals surface area contributed by atoms with Crippen molar-refractivity contribution in [2.45, 2.75) is 33.1 Å². The molecule has 1 aromatic carbocycles. The molecule has 2 aromatic heterocycles. The van der Waals surface area contributed by atoms with Crippen molar-refractivity contribution >= 4 is 11.4 Å². The van der Waals surface area contributed by atoms with E-state index in [0.29, 0.717) is 5.56 Å². The first-order valence-electron chi connectivity index (χ1n) is 8.12. The van der Waals surface area contributed by atoms with E-state index in [4.69, 9.17) is 0 Å². The maximum absolute atomic E-state index is 11.7. The summed E-state index contributed by atoms with van der Waals surface area (Å²) < 4.78 is 1.96. The van der Waals surface area contributed by atoms with Crippen molar-refractivity contribution in [3.8, 4) is 11.1 Å². The van der Waals surface area contributed by atoms with E-state index >= 15 is 0 Å². The topological polar surface area (TPSA) is 46.4 Å². The molecule has 0 bridgehead atoms. The molecule has 0 spiro atoms. The van der Waals surface area contributed by atoms with Gasteiger partial charge in [-0.3, -0.25) is 4.79 Å². The lowest BCUT2D eigenvalue weighted by Crippen LogP contribution is -2.17. The summed E-state index contributed by atoms with van der Waals surface area (Å²) in [4.78, 5) is 11.7. The minimum Gasteiger partial charge on any atom is -0.355 e. The normalized spacial score (nSPS) is 11.7. The first kappa shape index (κ1) is 16.2. The van der Waals surface area contributed by atoms with Crippen molar-refractivity contribution in [2.75, 3.05) is 7.05 Å². The van der Waals surface area contributed by atoms with Gasteiger partial charge in [-0.25, -0.2) is 4.52 Å². The molecule has 0 unspecified atom stereocenters. The zero-order valence-corrected chi connectivity index (χ0v) is 14.8. The molecule has 3 rings (SSSR count). The van der Waals surface area contributed by atoms with Crippen LogP contribution in [0.3, 0.4) is 0 Å². The van der Waals surface area contributed by atoms with Gasteiger partial charge in [0.25, 0.3) is 5.91 Å². The molecule has 0 aliphatic heterocycles. The highest BCUT2D eigenvalue weighted by molar-refractivity contribution is 5.95. The third kappa shape index (κ3) is 2.80. The number of rotatable bonds is 2. The number of aryl methyl sites for hydroxylation is 1. The highest BCUT2D eigenvalue weighted by Gasteiger charge is 2.17. The number of amides is 1. The lowest BCUT2D eigenvalue weighted by molar-refractivity contribution is 0.0963. The quantitative estimate of drug-likeness (QED) is 0.776. The van der Waals surface area contributed by atoms with E-state index in [1.165, 1.54) is 11.1 Å². The van der Waals surface area contributed by atoms with Crippen LogP contribution in [-0.4, -0.2) is 22.6 Å². The first-order chi connectivity index (χ1) is 11.3. The van der Waals surface area contributed by atoms with Gasteiger partial charge in [0.2, 0.25) is 0 Å².